The van der Waals surface area contributed by atoms with Gasteiger partial charge < -0.3 is 10.1 Å². The van der Waals surface area contributed by atoms with Crippen LogP contribution in [0, 0.1) is 17.4 Å². The van der Waals surface area contributed by atoms with Gasteiger partial charge in [0, 0.05) is 6.54 Å². The molecule has 2 unspecified atom stereocenters. The van der Waals surface area contributed by atoms with Crippen molar-refractivity contribution in [3.05, 3.63) is 24.3 Å². The molecule has 6 nitrogen and oxygen atoms in total. The molecule has 2 atom stereocenters. The number of ether oxygens (including phenoxy) is 1. The van der Waals surface area contributed by atoms with Crippen molar-refractivity contribution >= 4 is 11.6 Å². The quantitative estimate of drug-likeness (QED) is 0.817. The maximum Gasteiger partial charge on any atom is 0.264 e. The van der Waals surface area contributed by atoms with Crippen LogP contribution in [-0.4, -0.2) is 42.2 Å². The minimum Gasteiger partial charge on any atom is -0.495 e. The van der Waals surface area contributed by atoms with Crippen LogP contribution in [0.3, 0.4) is 0 Å². The molecule has 1 aromatic rings. The van der Waals surface area contributed by atoms with E-state index < -0.39 is 6.04 Å². The largest absolute Gasteiger partial charge is 0.495 e. The van der Waals surface area contributed by atoms with Gasteiger partial charge in [0.2, 0.25) is 0 Å². The Morgan fingerprint density at radius 1 is 1.43 bits per heavy atom. The number of benzene rings is 1. The van der Waals surface area contributed by atoms with E-state index in [2.05, 4.69) is 18.4 Å². The zero-order valence-electron chi connectivity index (χ0n) is 14.0. The molecule has 0 spiro atoms. The van der Waals surface area contributed by atoms with Gasteiger partial charge in [-0.3, -0.25) is 4.79 Å². The van der Waals surface area contributed by atoms with Crippen molar-refractivity contribution < 1.29 is 9.53 Å². The molecular weight excluding hydrogens is 292 g/mol. The highest BCUT2D eigenvalue weighted by Crippen LogP contribution is 2.27. The van der Waals surface area contributed by atoms with Crippen LogP contribution >= 0.6 is 0 Å². The first-order valence-corrected chi connectivity index (χ1v) is 8.00. The van der Waals surface area contributed by atoms with Crippen molar-refractivity contribution in [3.8, 4) is 11.9 Å². The van der Waals surface area contributed by atoms with Crippen molar-refractivity contribution in [2.24, 2.45) is 5.92 Å². The zero-order valence-corrected chi connectivity index (χ0v) is 14.0. The van der Waals surface area contributed by atoms with Crippen LogP contribution in [0.1, 0.15) is 26.7 Å². The van der Waals surface area contributed by atoms with Crippen LogP contribution in [0.25, 0.3) is 0 Å². The molecule has 0 bridgehead atoms. The molecule has 1 aliphatic rings. The molecule has 2 rings (SSSR count). The summed E-state index contributed by atoms with van der Waals surface area (Å²) in [6, 6.07) is 7.15. The first-order chi connectivity index (χ1) is 11.1. The maximum atomic E-state index is 12.9. The van der Waals surface area contributed by atoms with Crippen LogP contribution in [0.2, 0.25) is 0 Å². The second kappa shape index (κ2) is 7.73. The predicted octanol–water partition coefficient (Wildman–Crippen LogP) is 2.45. The Hall–Kier alpha value is -2.42. The molecule has 124 valence electrons. The van der Waals surface area contributed by atoms with Crippen molar-refractivity contribution in [2.45, 2.75) is 32.7 Å². The van der Waals surface area contributed by atoms with Crippen LogP contribution in [-0.2, 0) is 4.79 Å². The Labute approximate surface area is 137 Å². The zero-order chi connectivity index (χ0) is 16.8. The third kappa shape index (κ3) is 3.67. The van der Waals surface area contributed by atoms with E-state index in [9.17, 15) is 10.1 Å². The number of hydrogen-bond acceptors (Lipinski definition) is 5. The molecule has 1 amide bonds. The Bertz CT molecular complexity index is 584. The van der Waals surface area contributed by atoms with Crippen molar-refractivity contribution in [1.29, 1.82) is 5.26 Å². The third-order valence-corrected chi connectivity index (χ3v) is 4.30. The first-order valence-electron chi connectivity index (χ1n) is 8.00. The van der Waals surface area contributed by atoms with Gasteiger partial charge in [0.25, 0.3) is 5.91 Å². The van der Waals surface area contributed by atoms with E-state index in [0.717, 1.165) is 18.5 Å². The van der Waals surface area contributed by atoms with E-state index in [1.807, 2.05) is 31.2 Å². The van der Waals surface area contributed by atoms with E-state index in [4.69, 9.17) is 4.74 Å². The Kier molecular flexibility index (Phi) is 5.69. The van der Waals surface area contributed by atoms with E-state index in [-0.39, 0.29) is 11.8 Å². The second-order valence-corrected chi connectivity index (χ2v) is 5.75. The summed E-state index contributed by atoms with van der Waals surface area (Å²) in [5.41, 5.74) is 0.788. The Morgan fingerprint density at radius 3 is 2.83 bits per heavy atom. The van der Waals surface area contributed by atoms with Gasteiger partial charge in [-0.25, -0.2) is 10.0 Å². The fraction of sp³-hybridized carbons (Fsp3) is 0.529. The number of nitrogens with one attached hydrogen (secondary N) is 1. The summed E-state index contributed by atoms with van der Waals surface area (Å²) in [6.07, 6.45) is 3.76. The van der Waals surface area contributed by atoms with Crippen molar-refractivity contribution in [3.63, 3.8) is 0 Å². The SMILES string of the molecule is CCC(C)C(Nc1ccccc1OC)C(=O)N1CCCN1C#N. The average molecular weight is 316 g/mol. The minimum absolute atomic E-state index is 0.0655. The van der Waals surface area contributed by atoms with Gasteiger partial charge in [-0.15, -0.1) is 0 Å². The summed E-state index contributed by atoms with van der Waals surface area (Å²) in [7, 11) is 1.61. The summed E-state index contributed by atoms with van der Waals surface area (Å²) >= 11 is 0. The summed E-state index contributed by atoms with van der Waals surface area (Å²) in [4.78, 5) is 12.9. The molecule has 0 aromatic heterocycles. The maximum absolute atomic E-state index is 12.9. The fourth-order valence-corrected chi connectivity index (χ4v) is 2.72. The highest BCUT2D eigenvalue weighted by molar-refractivity contribution is 5.85. The topological polar surface area (TPSA) is 68.6 Å². The molecular formula is C17H24N4O2. The normalized spacial score (nSPS) is 16.6. The number of hydrogen-bond donors (Lipinski definition) is 1. The van der Waals surface area contributed by atoms with Gasteiger partial charge in [0.05, 0.1) is 19.3 Å². The number of nitrogens with zero attached hydrogens (tertiary/aromatic N) is 3. The van der Waals surface area contributed by atoms with Gasteiger partial charge in [-0.2, -0.15) is 5.26 Å². The number of para-hydroxylation sites is 2. The molecule has 0 radical (unpaired) electrons. The van der Waals surface area contributed by atoms with Gasteiger partial charge in [0.15, 0.2) is 6.19 Å². The highest BCUT2D eigenvalue weighted by atomic mass is 16.5. The number of nitriles is 1. The predicted molar refractivity (Wildman–Crippen MR) is 88.5 cm³/mol. The van der Waals surface area contributed by atoms with Crippen LogP contribution in [0.4, 0.5) is 5.69 Å². The standard InChI is InChI=1S/C17H24N4O2/c1-4-13(2)16(17(22)21-11-7-10-20(21)12-18)19-14-8-5-6-9-15(14)23-3/h5-6,8-9,13,16,19H,4,7,10-11H2,1-3H3. The number of rotatable bonds is 6. The molecule has 1 aromatic carbocycles. The highest BCUT2D eigenvalue weighted by Gasteiger charge is 2.34. The molecule has 6 heteroatoms. The molecule has 23 heavy (non-hydrogen) atoms. The lowest BCUT2D eigenvalue weighted by molar-refractivity contribution is -0.141. The minimum atomic E-state index is -0.398. The summed E-state index contributed by atoms with van der Waals surface area (Å²) < 4.78 is 5.36. The average Bonchev–Trinajstić information content (AvgIpc) is 3.07. The number of amides is 1. The summed E-state index contributed by atoms with van der Waals surface area (Å²) in [5, 5.41) is 15.5. The first kappa shape index (κ1) is 16.9. The Morgan fingerprint density at radius 2 is 2.17 bits per heavy atom. The lowest BCUT2D eigenvalue weighted by Gasteiger charge is -2.31. The van der Waals surface area contributed by atoms with E-state index >= 15 is 0 Å². The van der Waals surface area contributed by atoms with Gasteiger partial charge in [-0.05, 0) is 24.5 Å². The van der Waals surface area contributed by atoms with Crippen LogP contribution < -0.4 is 10.1 Å². The van der Waals surface area contributed by atoms with Crippen LogP contribution in [0.15, 0.2) is 24.3 Å². The number of anilines is 1. The van der Waals surface area contributed by atoms with E-state index in [1.165, 1.54) is 5.01 Å². The van der Waals surface area contributed by atoms with Crippen molar-refractivity contribution in [2.75, 3.05) is 25.5 Å². The molecule has 1 N–H and O–H groups in total. The number of carbonyl (C=O) groups is 1. The molecule has 1 fully saturated rings. The Balaban J connectivity index is 2.23. The fourth-order valence-electron chi connectivity index (χ4n) is 2.72. The van der Waals surface area contributed by atoms with Crippen LogP contribution in [0.5, 0.6) is 5.75 Å². The number of hydrazine groups is 1. The second-order valence-electron chi connectivity index (χ2n) is 5.75. The lowest BCUT2D eigenvalue weighted by atomic mass is 9.97. The molecule has 1 heterocycles. The smallest absolute Gasteiger partial charge is 0.264 e. The molecule has 0 aliphatic carbocycles. The van der Waals surface area contributed by atoms with E-state index in [1.54, 1.807) is 12.1 Å². The lowest BCUT2D eigenvalue weighted by Crippen LogP contribution is -2.49. The number of carbonyl (C=O) groups excluding carboxylic acids is 1. The monoisotopic (exact) mass is 316 g/mol. The van der Waals surface area contributed by atoms with Gasteiger partial charge in [-0.1, -0.05) is 32.4 Å². The third-order valence-electron chi connectivity index (χ3n) is 4.30. The van der Waals surface area contributed by atoms with E-state index in [0.29, 0.717) is 18.8 Å². The molecule has 1 aliphatic heterocycles. The summed E-state index contributed by atoms with van der Waals surface area (Å²) in [6.45, 7) is 5.29. The molecule has 1 saturated heterocycles. The summed E-state index contributed by atoms with van der Waals surface area (Å²) in [5.74, 6) is 0.769. The molecule has 0 saturated carbocycles. The number of methoxy groups -OCH3 is 1. The van der Waals surface area contributed by atoms with Gasteiger partial charge in [0.1, 0.15) is 11.8 Å². The van der Waals surface area contributed by atoms with Crippen molar-refractivity contribution in [1.82, 2.24) is 10.0 Å². The van der Waals surface area contributed by atoms with Gasteiger partial charge >= 0.3 is 0 Å².